The molecular formula is C19H29ClIN5O. The third-order valence-corrected chi connectivity index (χ3v) is 4.51. The minimum atomic E-state index is -0.00228. The van der Waals surface area contributed by atoms with Gasteiger partial charge in [0.1, 0.15) is 11.9 Å². The number of ether oxygens (including phenoxy) is 1. The quantitative estimate of drug-likeness (QED) is 0.344. The van der Waals surface area contributed by atoms with E-state index in [0.717, 1.165) is 30.4 Å². The SMILES string of the molecule is CN=C(NCCc1c(C)nn(C)c1C)NCC(C)Oc1ccc(Cl)cc1.I. The second kappa shape index (κ2) is 11.4. The van der Waals surface area contributed by atoms with E-state index in [9.17, 15) is 0 Å². The van der Waals surface area contributed by atoms with Gasteiger partial charge in [0.15, 0.2) is 5.96 Å². The van der Waals surface area contributed by atoms with Gasteiger partial charge in [-0.2, -0.15) is 5.10 Å². The van der Waals surface area contributed by atoms with E-state index in [1.54, 1.807) is 7.05 Å². The molecule has 0 aliphatic rings. The first-order valence-corrected chi connectivity index (χ1v) is 9.14. The van der Waals surface area contributed by atoms with Gasteiger partial charge in [0.25, 0.3) is 0 Å². The lowest BCUT2D eigenvalue weighted by Crippen LogP contribution is -2.42. The number of guanidine groups is 1. The van der Waals surface area contributed by atoms with Crippen LogP contribution in [-0.4, -0.2) is 42.0 Å². The molecule has 0 fully saturated rings. The topological polar surface area (TPSA) is 63.5 Å². The van der Waals surface area contributed by atoms with Crippen molar-refractivity contribution >= 4 is 41.5 Å². The molecule has 0 saturated carbocycles. The van der Waals surface area contributed by atoms with Gasteiger partial charge in [-0.25, -0.2) is 0 Å². The summed E-state index contributed by atoms with van der Waals surface area (Å²) in [6.45, 7) is 7.59. The van der Waals surface area contributed by atoms with Crippen LogP contribution in [-0.2, 0) is 13.5 Å². The van der Waals surface area contributed by atoms with Crippen molar-refractivity contribution in [2.45, 2.75) is 33.3 Å². The van der Waals surface area contributed by atoms with E-state index in [4.69, 9.17) is 16.3 Å². The van der Waals surface area contributed by atoms with Crippen LogP contribution in [0.2, 0.25) is 5.02 Å². The molecule has 1 aromatic heterocycles. The Morgan fingerprint density at radius 3 is 2.48 bits per heavy atom. The van der Waals surface area contributed by atoms with Crippen molar-refractivity contribution in [2.75, 3.05) is 20.1 Å². The number of aromatic nitrogens is 2. The Labute approximate surface area is 183 Å². The molecule has 150 valence electrons. The summed E-state index contributed by atoms with van der Waals surface area (Å²) in [6, 6.07) is 7.37. The number of nitrogens with one attached hydrogen (secondary N) is 2. The summed E-state index contributed by atoms with van der Waals surface area (Å²) in [6.07, 6.45) is 0.904. The molecule has 2 rings (SSSR count). The van der Waals surface area contributed by atoms with Crippen LogP contribution in [0.15, 0.2) is 29.3 Å². The fraction of sp³-hybridized carbons (Fsp3) is 0.474. The summed E-state index contributed by atoms with van der Waals surface area (Å²) in [5.74, 6) is 1.56. The smallest absolute Gasteiger partial charge is 0.191 e. The molecule has 2 N–H and O–H groups in total. The van der Waals surface area contributed by atoms with Gasteiger partial charge in [0.2, 0.25) is 0 Å². The van der Waals surface area contributed by atoms with Crippen LogP contribution in [0, 0.1) is 13.8 Å². The van der Waals surface area contributed by atoms with Crippen LogP contribution in [0.3, 0.4) is 0 Å². The van der Waals surface area contributed by atoms with Crippen molar-refractivity contribution < 1.29 is 4.74 Å². The molecule has 0 aliphatic heterocycles. The van der Waals surface area contributed by atoms with Gasteiger partial charge in [-0.15, -0.1) is 24.0 Å². The average molecular weight is 506 g/mol. The molecule has 1 heterocycles. The van der Waals surface area contributed by atoms with Gasteiger partial charge in [0, 0.05) is 31.4 Å². The second-order valence-corrected chi connectivity index (χ2v) is 6.72. The highest BCUT2D eigenvalue weighted by Gasteiger charge is 2.10. The Hall–Kier alpha value is -1.48. The van der Waals surface area contributed by atoms with E-state index in [1.807, 2.05) is 49.8 Å². The summed E-state index contributed by atoms with van der Waals surface area (Å²) in [7, 11) is 3.74. The molecule has 0 saturated heterocycles. The van der Waals surface area contributed by atoms with E-state index < -0.39 is 0 Å². The Bertz CT molecular complexity index is 745. The van der Waals surface area contributed by atoms with Gasteiger partial charge in [0.05, 0.1) is 12.2 Å². The van der Waals surface area contributed by atoms with Gasteiger partial charge < -0.3 is 15.4 Å². The van der Waals surface area contributed by atoms with E-state index >= 15 is 0 Å². The highest BCUT2D eigenvalue weighted by Crippen LogP contribution is 2.16. The molecule has 0 amide bonds. The fourth-order valence-electron chi connectivity index (χ4n) is 2.73. The largest absolute Gasteiger partial charge is 0.489 e. The third kappa shape index (κ3) is 7.21. The van der Waals surface area contributed by atoms with Gasteiger partial charge >= 0.3 is 0 Å². The fourth-order valence-corrected chi connectivity index (χ4v) is 2.86. The Morgan fingerprint density at radius 2 is 1.93 bits per heavy atom. The maximum atomic E-state index is 5.89. The molecule has 1 atom stereocenters. The van der Waals surface area contributed by atoms with Gasteiger partial charge in [-0.05, 0) is 57.0 Å². The first-order valence-electron chi connectivity index (χ1n) is 8.76. The second-order valence-electron chi connectivity index (χ2n) is 6.29. The van der Waals surface area contributed by atoms with E-state index in [2.05, 4.69) is 27.6 Å². The minimum Gasteiger partial charge on any atom is -0.489 e. The predicted molar refractivity (Wildman–Crippen MR) is 123 cm³/mol. The van der Waals surface area contributed by atoms with E-state index in [0.29, 0.717) is 11.6 Å². The highest BCUT2D eigenvalue weighted by molar-refractivity contribution is 14.0. The minimum absolute atomic E-state index is 0. The molecule has 0 radical (unpaired) electrons. The lowest BCUT2D eigenvalue weighted by atomic mass is 10.1. The standard InChI is InChI=1S/C19H28ClN5O.HI/c1-13(26-17-8-6-16(20)7-9-17)12-23-19(21-4)22-11-10-18-14(2)24-25(5)15(18)3;/h6-9,13H,10-12H2,1-5H3,(H2,21,22,23);1H. The summed E-state index contributed by atoms with van der Waals surface area (Å²) >= 11 is 5.89. The van der Waals surface area contributed by atoms with Crippen LogP contribution in [0.5, 0.6) is 5.75 Å². The molecular weight excluding hydrogens is 477 g/mol. The zero-order chi connectivity index (χ0) is 19.1. The number of nitrogens with zero attached hydrogens (tertiary/aromatic N) is 3. The summed E-state index contributed by atoms with van der Waals surface area (Å²) < 4.78 is 7.78. The lowest BCUT2D eigenvalue weighted by molar-refractivity contribution is 0.224. The van der Waals surface area contributed by atoms with Crippen molar-refractivity contribution in [3.8, 4) is 5.75 Å². The van der Waals surface area contributed by atoms with Crippen molar-refractivity contribution in [3.63, 3.8) is 0 Å². The van der Waals surface area contributed by atoms with Gasteiger partial charge in [-0.1, -0.05) is 11.6 Å². The number of hydrogen-bond acceptors (Lipinski definition) is 3. The van der Waals surface area contributed by atoms with Gasteiger partial charge in [-0.3, -0.25) is 9.67 Å². The number of hydrogen-bond donors (Lipinski definition) is 2. The van der Waals surface area contributed by atoms with Crippen molar-refractivity contribution in [1.82, 2.24) is 20.4 Å². The van der Waals surface area contributed by atoms with Crippen LogP contribution in [0.4, 0.5) is 0 Å². The molecule has 0 aliphatic carbocycles. The third-order valence-electron chi connectivity index (χ3n) is 4.26. The van der Waals surface area contributed by atoms with Crippen LogP contribution in [0.25, 0.3) is 0 Å². The molecule has 0 spiro atoms. The Balaban J connectivity index is 0.00000364. The number of aryl methyl sites for hydroxylation is 2. The van der Waals surface area contributed by atoms with E-state index in [1.165, 1.54) is 11.3 Å². The molecule has 6 nitrogen and oxygen atoms in total. The maximum Gasteiger partial charge on any atom is 0.191 e. The monoisotopic (exact) mass is 505 g/mol. The predicted octanol–water partition coefficient (Wildman–Crippen LogP) is 3.48. The Morgan fingerprint density at radius 1 is 1.26 bits per heavy atom. The van der Waals surface area contributed by atoms with Crippen molar-refractivity contribution in [3.05, 3.63) is 46.2 Å². The zero-order valence-corrected chi connectivity index (χ0v) is 19.6. The normalized spacial score (nSPS) is 12.3. The highest BCUT2D eigenvalue weighted by atomic mass is 127. The summed E-state index contributed by atoms with van der Waals surface area (Å²) in [4.78, 5) is 4.26. The first kappa shape index (κ1) is 23.6. The first-order chi connectivity index (χ1) is 12.4. The summed E-state index contributed by atoms with van der Waals surface area (Å²) in [5, 5.41) is 11.8. The number of rotatable bonds is 7. The van der Waals surface area contributed by atoms with Crippen LogP contribution < -0.4 is 15.4 Å². The molecule has 2 aromatic rings. The van der Waals surface area contributed by atoms with Crippen LogP contribution in [0.1, 0.15) is 23.9 Å². The zero-order valence-electron chi connectivity index (χ0n) is 16.5. The molecule has 8 heteroatoms. The molecule has 0 bridgehead atoms. The van der Waals surface area contributed by atoms with Crippen molar-refractivity contribution in [1.29, 1.82) is 0 Å². The Kier molecular flexibility index (Phi) is 9.93. The van der Waals surface area contributed by atoms with Crippen LogP contribution >= 0.6 is 35.6 Å². The van der Waals surface area contributed by atoms with E-state index in [-0.39, 0.29) is 30.1 Å². The number of benzene rings is 1. The number of halogens is 2. The molecule has 1 aromatic carbocycles. The average Bonchev–Trinajstić information content (AvgIpc) is 2.85. The molecule has 1 unspecified atom stereocenters. The molecule has 27 heavy (non-hydrogen) atoms. The maximum absolute atomic E-state index is 5.89. The number of aliphatic imine (C=N–C) groups is 1. The lowest BCUT2D eigenvalue weighted by Gasteiger charge is -2.18. The summed E-state index contributed by atoms with van der Waals surface area (Å²) in [5.41, 5.74) is 3.58. The van der Waals surface area contributed by atoms with Crippen molar-refractivity contribution in [2.24, 2.45) is 12.0 Å².